The monoisotopic (exact) mass is 288 g/mol. The molecule has 1 aromatic carbocycles. The number of benzene rings is 1. The third-order valence-corrected chi connectivity index (χ3v) is 2.58. The number of alkyl halides is 2. The lowest BCUT2D eigenvalue weighted by Gasteiger charge is -2.15. The van der Waals surface area contributed by atoms with Gasteiger partial charge in [-0.3, -0.25) is 4.79 Å². The second-order valence-corrected chi connectivity index (χ2v) is 4.19. The van der Waals surface area contributed by atoms with Gasteiger partial charge in [0.2, 0.25) is 0 Å². The van der Waals surface area contributed by atoms with Crippen molar-refractivity contribution in [2.45, 2.75) is 38.9 Å². The minimum Gasteiger partial charge on any atom is -0.466 e. The second-order valence-electron chi connectivity index (χ2n) is 4.19. The van der Waals surface area contributed by atoms with Crippen LogP contribution in [0.1, 0.15) is 37.9 Å². The van der Waals surface area contributed by atoms with E-state index < -0.39 is 18.7 Å². The van der Waals surface area contributed by atoms with Crippen molar-refractivity contribution >= 4 is 5.97 Å². The van der Waals surface area contributed by atoms with Crippen LogP contribution in [0.2, 0.25) is 0 Å². The van der Waals surface area contributed by atoms with Gasteiger partial charge in [-0.2, -0.15) is 8.78 Å². The molecule has 0 spiro atoms. The van der Waals surface area contributed by atoms with E-state index in [1.165, 1.54) is 18.2 Å². The van der Waals surface area contributed by atoms with E-state index in [0.717, 1.165) is 6.42 Å². The van der Waals surface area contributed by atoms with Crippen LogP contribution in [-0.2, 0) is 9.53 Å². The molecule has 20 heavy (non-hydrogen) atoms. The Kier molecular flexibility index (Phi) is 6.93. The summed E-state index contributed by atoms with van der Waals surface area (Å²) in [7, 11) is 0. The van der Waals surface area contributed by atoms with Crippen molar-refractivity contribution in [3.63, 3.8) is 0 Å². The number of aliphatic hydroxyl groups excluding tert-OH is 1. The van der Waals surface area contributed by atoms with Gasteiger partial charge in [0.15, 0.2) is 0 Å². The Hall–Kier alpha value is -1.69. The van der Waals surface area contributed by atoms with E-state index in [9.17, 15) is 18.7 Å². The fourth-order valence-electron chi connectivity index (χ4n) is 1.66. The van der Waals surface area contributed by atoms with Gasteiger partial charge < -0.3 is 14.6 Å². The van der Waals surface area contributed by atoms with Gasteiger partial charge in [0, 0.05) is 12.0 Å². The van der Waals surface area contributed by atoms with Crippen LogP contribution in [0.4, 0.5) is 8.78 Å². The molecule has 0 aliphatic rings. The molecule has 4 nitrogen and oxygen atoms in total. The molecule has 1 aromatic rings. The summed E-state index contributed by atoms with van der Waals surface area (Å²) in [4.78, 5) is 11.3. The first-order valence-corrected chi connectivity index (χ1v) is 6.42. The topological polar surface area (TPSA) is 55.8 Å². The van der Waals surface area contributed by atoms with Crippen molar-refractivity contribution in [3.8, 4) is 5.75 Å². The first-order chi connectivity index (χ1) is 9.54. The van der Waals surface area contributed by atoms with E-state index in [-0.39, 0.29) is 24.2 Å². The van der Waals surface area contributed by atoms with E-state index >= 15 is 0 Å². The van der Waals surface area contributed by atoms with Crippen LogP contribution in [0.5, 0.6) is 5.75 Å². The van der Waals surface area contributed by atoms with Crippen molar-refractivity contribution in [1.82, 2.24) is 0 Å². The van der Waals surface area contributed by atoms with Crippen LogP contribution in [-0.4, -0.2) is 24.3 Å². The average Bonchev–Trinajstić information content (AvgIpc) is 2.42. The predicted molar refractivity (Wildman–Crippen MR) is 68.5 cm³/mol. The highest BCUT2D eigenvalue weighted by molar-refractivity contribution is 5.69. The molecule has 1 N–H and O–H groups in total. The number of rotatable bonds is 8. The van der Waals surface area contributed by atoms with Gasteiger partial charge in [-0.25, -0.2) is 0 Å². The lowest BCUT2D eigenvalue weighted by Crippen LogP contribution is -2.10. The molecular weight excluding hydrogens is 270 g/mol. The number of ether oxygens (including phenoxy) is 2. The number of hydrogen-bond donors (Lipinski definition) is 1. The predicted octanol–water partition coefficient (Wildman–Crippen LogP) is 3.05. The Balaban J connectivity index is 2.58. The molecule has 1 rings (SSSR count). The molecule has 0 saturated carbocycles. The number of carbonyl (C=O) groups excluding carboxylic acids is 1. The van der Waals surface area contributed by atoms with Gasteiger partial charge in [-0.1, -0.05) is 25.1 Å². The standard InChI is InChI=1S/C14H18F2O4/c1-2-9-19-13(18)8-7-11(17)10-5-3-4-6-12(10)20-14(15)16/h3-6,11,14,17H,2,7-9H2,1H3. The number of esters is 1. The molecule has 0 heterocycles. The van der Waals surface area contributed by atoms with Crippen molar-refractivity contribution in [3.05, 3.63) is 29.8 Å². The Labute approximate surface area is 116 Å². The van der Waals surface area contributed by atoms with Crippen LogP contribution < -0.4 is 4.74 Å². The zero-order valence-electron chi connectivity index (χ0n) is 11.2. The molecule has 0 radical (unpaired) electrons. The molecule has 6 heteroatoms. The fraction of sp³-hybridized carbons (Fsp3) is 0.500. The van der Waals surface area contributed by atoms with Crippen molar-refractivity contribution < 1.29 is 28.2 Å². The molecule has 0 aromatic heterocycles. The minimum absolute atomic E-state index is 0.0180. The van der Waals surface area contributed by atoms with Crippen LogP contribution in [0.3, 0.4) is 0 Å². The summed E-state index contributed by atoms with van der Waals surface area (Å²) >= 11 is 0. The maximum absolute atomic E-state index is 12.2. The number of aliphatic hydroxyl groups is 1. The van der Waals surface area contributed by atoms with Crippen LogP contribution >= 0.6 is 0 Å². The van der Waals surface area contributed by atoms with E-state index in [4.69, 9.17) is 4.74 Å². The van der Waals surface area contributed by atoms with Crippen molar-refractivity contribution in [1.29, 1.82) is 0 Å². The number of para-hydroxylation sites is 1. The molecule has 0 fully saturated rings. The average molecular weight is 288 g/mol. The lowest BCUT2D eigenvalue weighted by atomic mass is 10.0. The largest absolute Gasteiger partial charge is 0.466 e. The summed E-state index contributed by atoms with van der Waals surface area (Å²) < 4.78 is 33.7. The molecule has 1 unspecified atom stereocenters. The zero-order chi connectivity index (χ0) is 15.0. The second kappa shape index (κ2) is 8.47. The Bertz CT molecular complexity index is 423. The molecule has 1 atom stereocenters. The Morgan fingerprint density at radius 3 is 2.70 bits per heavy atom. The summed E-state index contributed by atoms with van der Waals surface area (Å²) in [6, 6.07) is 5.97. The zero-order valence-corrected chi connectivity index (χ0v) is 11.2. The smallest absolute Gasteiger partial charge is 0.387 e. The van der Waals surface area contributed by atoms with Gasteiger partial charge >= 0.3 is 12.6 Å². The molecule has 0 amide bonds. The maximum Gasteiger partial charge on any atom is 0.387 e. The molecule has 0 aliphatic heterocycles. The third kappa shape index (κ3) is 5.52. The molecule has 0 bridgehead atoms. The highest BCUT2D eigenvalue weighted by Gasteiger charge is 2.17. The highest BCUT2D eigenvalue weighted by atomic mass is 19.3. The van der Waals surface area contributed by atoms with Gasteiger partial charge in [0.05, 0.1) is 12.7 Å². The maximum atomic E-state index is 12.2. The van der Waals surface area contributed by atoms with E-state index in [1.807, 2.05) is 6.92 Å². The molecular formula is C14H18F2O4. The summed E-state index contributed by atoms with van der Waals surface area (Å²) in [6.45, 7) is -0.752. The minimum atomic E-state index is -2.96. The Morgan fingerprint density at radius 2 is 2.05 bits per heavy atom. The fourth-order valence-corrected chi connectivity index (χ4v) is 1.66. The molecule has 0 aliphatic carbocycles. The lowest BCUT2D eigenvalue weighted by molar-refractivity contribution is -0.144. The normalized spacial score (nSPS) is 12.2. The van der Waals surface area contributed by atoms with Gasteiger partial charge in [0.25, 0.3) is 0 Å². The van der Waals surface area contributed by atoms with E-state index in [1.54, 1.807) is 6.07 Å². The van der Waals surface area contributed by atoms with Crippen LogP contribution in [0.15, 0.2) is 24.3 Å². The molecule has 0 saturated heterocycles. The summed E-state index contributed by atoms with van der Waals surface area (Å²) in [5.41, 5.74) is 0.232. The Morgan fingerprint density at radius 1 is 1.35 bits per heavy atom. The van der Waals surface area contributed by atoms with Crippen LogP contribution in [0, 0.1) is 0 Å². The summed E-state index contributed by atoms with van der Waals surface area (Å²) in [5, 5.41) is 9.96. The van der Waals surface area contributed by atoms with Gasteiger partial charge in [-0.15, -0.1) is 0 Å². The number of carbonyl (C=O) groups is 1. The summed E-state index contributed by atoms with van der Waals surface area (Å²) in [5.74, 6) is -0.505. The first kappa shape index (κ1) is 16.4. The van der Waals surface area contributed by atoms with Crippen LogP contribution in [0.25, 0.3) is 0 Å². The SMILES string of the molecule is CCCOC(=O)CCC(O)c1ccccc1OC(F)F. The molecule has 112 valence electrons. The summed E-state index contributed by atoms with van der Waals surface area (Å²) in [6.07, 6.45) is -0.227. The third-order valence-electron chi connectivity index (χ3n) is 2.58. The quantitative estimate of drug-likeness (QED) is 0.747. The van der Waals surface area contributed by atoms with Crippen molar-refractivity contribution in [2.24, 2.45) is 0 Å². The number of hydrogen-bond acceptors (Lipinski definition) is 4. The van der Waals surface area contributed by atoms with Gasteiger partial charge in [0.1, 0.15) is 5.75 Å². The van der Waals surface area contributed by atoms with Gasteiger partial charge in [-0.05, 0) is 18.9 Å². The number of halogens is 2. The van der Waals surface area contributed by atoms with Crippen molar-refractivity contribution in [2.75, 3.05) is 6.61 Å². The first-order valence-electron chi connectivity index (χ1n) is 6.42. The highest BCUT2D eigenvalue weighted by Crippen LogP contribution is 2.29. The van der Waals surface area contributed by atoms with E-state index in [2.05, 4.69) is 4.74 Å². The van der Waals surface area contributed by atoms with E-state index in [0.29, 0.717) is 6.61 Å².